The average molecular weight is 291 g/mol. The Kier molecular flexibility index (Phi) is 4.39. The first-order valence-corrected chi connectivity index (χ1v) is 7.74. The molecule has 0 spiro atoms. The van der Waals surface area contributed by atoms with E-state index in [1.165, 1.54) is 6.07 Å². The Morgan fingerprint density at radius 1 is 1.38 bits per heavy atom. The summed E-state index contributed by atoms with van der Waals surface area (Å²) < 4.78 is 13.3. The summed E-state index contributed by atoms with van der Waals surface area (Å²) in [6.45, 7) is 3.39. The number of amides is 1. The van der Waals surface area contributed by atoms with Gasteiger partial charge in [0.1, 0.15) is 5.82 Å². The lowest BCUT2D eigenvalue weighted by atomic mass is 10.0. The summed E-state index contributed by atoms with van der Waals surface area (Å²) in [4.78, 5) is 14.3. The first kappa shape index (κ1) is 14.3. The molecule has 1 aromatic carbocycles. The molecule has 2 aliphatic rings. The van der Waals surface area contributed by atoms with Crippen LogP contribution in [0.3, 0.4) is 0 Å². The van der Waals surface area contributed by atoms with Gasteiger partial charge in [0.15, 0.2) is 0 Å². The van der Waals surface area contributed by atoms with Crippen molar-refractivity contribution in [2.45, 2.75) is 25.3 Å². The minimum Gasteiger partial charge on any atom is -0.369 e. The van der Waals surface area contributed by atoms with Crippen molar-refractivity contribution in [2.24, 2.45) is 5.92 Å². The van der Waals surface area contributed by atoms with Gasteiger partial charge >= 0.3 is 0 Å². The topological polar surface area (TPSA) is 44.4 Å². The third kappa shape index (κ3) is 3.53. The number of nitrogens with one attached hydrogen (secondary N) is 2. The number of piperidine rings is 1. The van der Waals surface area contributed by atoms with Crippen LogP contribution >= 0.6 is 0 Å². The average Bonchev–Trinajstić information content (AvgIpc) is 3.02. The summed E-state index contributed by atoms with van der Waals surface area (Å²) >= 11 is 0. The number of carbonyl (C=O) groups excluding carboxylic acids is 1. The van der Waals surface area contributed by atoms with Crippen LogP contribution in [0.5, 0.6) is 0 Å². The number of halogens is 1. The van der Waals surface area contributed by atoms with Gasteiger partial charge < -0.3 is 15.5 Å². The van der Waals surface area contributed by atoms with E-state index in [0.717, 1.165) is 51.1 Å². The minimum atomic E-state index is -0.212. The van der Waals surface area contributed by atoms with Crippen LogP contribution in [-0.4, -0.2) is 38.1 Å². The normalized spacial score (nSPS) is 25.9. The predicted octanol–water partition coefficient (Wildman–Crippen LogP) is 1.52. The SMILES string of the molecule is O=C(NC1CCCN(c2cccc(F)c2)C1)C1CCNC1. The van der Waals surface area contributed by atoms with Crippen molar-refractivity contribution in [3.05, 3.63) is 30.1 Å². The second-order valence-electron chi connectivity index (χ2n) is 5.96. The molecular weight excluding hydrogens is 269 g/mol. The number of rotatable bonds is 3. The molecule has 2 heterocycles. The summed E-state index contributed by atoms with van der Waals surface area (Å²) in [5.74, 6) is 0.0522. The molecule has 2 aliphatic heterocycles. The van der Waals surface area contributed by atoms with E-state index in [1.54, 1.807) is 12.1 Å². The first-order chi connectivity index (χ1) is 10.2. The first-order valence-electron chi connectivity index (χ1n) is 7.74. The van der Waals surface area contributed by atoms with Crippen LogP contribution in [0.15, 0.2) is 24.3 Å². The molecule has 114 valence electrons. The molecule has 5 heteroatoms. The van der Waals surface area contributed by atoms with Gasteiger partial charge in [0.05, 0.1) is 5.92 Å². The van der Waals surface area contributed by atoms with Gasteiger partial charge in [-0.25, -0.2) is 4.39 Å². The van der Waals surface area contributed by atoms with Gasteiger partial charge in [-0.15, -0.1) is 0 Å². The lowest BCUT2D eigenvalue weighted by Gasteiger charge is -2.35. The maximum atomic E-state index is 13.3. The predicted molar refractivity (Wildman–Crippen MR) is 80.8 cm³/mol. The van der Waals surface area contributed by atoms with Crippen molar-refractivity contribution in [1.29, 1.82) is 0 Å². The molecule has 2 atom stereocenters. The molecule has 1 amide bonds. The Hall–Kier alpha value is -1.62. The molecule has 0 saturated carbocycles. The molecule has 1 aromatic rings. The zero-order valence-electron chi connectivity index (χ0n) is 12.1. The van der Waals surface area contributed by atoms with Crippen molar-refractivity contribution in [3.8, 4) is 0 Å². The molecular formula is C16H22FN3O. The molecule has 0 radical (unpaired) electrons. The molecule has 0 bridgehead atoms. The number of nitrogens with zero attached hydrogens (tertiary/aromatic N) is 1. The van der Waals surface area contributed by atoms with Crippen molar-refractivity contribution in [2.75, 3.05) is 31.1 Å². The van der Waals surface area contributed by atoms with Crippen LogP contribution in [0.1, 0.15) is 19.3 Å². The van der Waals surface area contributed by atoms with Crippen molar-refractivity contribution >= 4 is 11.6 Å². The minimum absolute atomic E-state index is 0.106. The Labute approximate surface area is 124 Å². The molecule has 4 nitrogen and oxygen atoms in total. The van der Waals surface area contributed by atoms with E-state index in [2.05, 4.69) is 15.5 Å². The lowest BCUT2D eigenvalue weighted by Crippen LogP contribution is -2.49. The second-order valence-corrected chi connectivity index (χ2v) is 5.96. The van der Waals surface area contributed by atoms with Gasteiger partial charge in [-0.1, -0.05) is 6.07 Å². The molecule has 2 saturated heterocycles. The lowest BCUT2D eigenvalue weighted by molar-refractivity contribution is -0.125. The summed E-state index contributed by atoms with van der Waals surface area (Å²) in [6.07, 6.45) is 2.94. The van der Waals surface area contributed by atoms with Crippen LogP contribution in [0.25, 0.3) is 0 Å². The maximum Gasteiger partial charge on any atom is 0.224 e. The summed E-state index contributed by atoms with van der Waals surface area (Å²) in [5.41, 5.74) is 0.900. The van der Waals surface area contributed by atoms with E-state index in [0.29, 0.717) is 0 Å². The van der Waals surface area contributed by atoms with Crippen LogP contribution in [0, 0.1) is 11.7 Å². The molecule has 3 rings (SSSR count). The van der Waals surface area contributed by atoms with Crippen molar-refractivity contribution in [1.82, 2.24) is 10.6 Å². The van der Waals surface area contributed by atoms with Gasteiger partial charge in [-0.3, -0.25) is 4.79 Å². The van der Waals surface area contributed by atoms with Crippen LogP contribution in [-0.2, 0) is 4.79 Å². The zero-order valence-corrected chi connectivity index (χ0v) is 12.1. The quantitative estimate of drug-likeness (QED) is 0.887. The summed E-state index contributed by atoms with van der Waals surface area (Å²) in [7, 11) is 0. The standard InChI is InChI=1S/C16H22FN3O/c17-13-3-1-5-15(9-13)20-8-2-4-14(11-20)19-16(21)12-6-7-18-10-12/h1,3,5,9,12,14,18H,2,4,6-8,10-11H2,(H,19,21). The Morgan fingerprint density at radius 2 is 2.29 bits per heavy atom. The van der Waals surface area contributed by atoms with Gasteiger partial charge in [-0.2, -0.15) is 0 Å². The fourth-order valence-electron chi connectivity index (χ4n) is 3.20. The highest BCUT2D eigenvalue weighted by atomic mass is 19.1. The van der Waals surface area contributed by atoms with E-state index in [-0.39, 0.29) is 23.7 Å². The highest BCUT2D eigenvalue weighted by Gasteiger charge is 2.27. The van der Waals surface area contributed by atoms with Crippen molar-refractivity contribution < 1.29 is 9.18 Å². The zero-order chi connectivity index (χ0) is 14.7. The Balaban J connectivity index is 1.59. The van der Waals surface area contributed by atoms with E-state index in [4.69, 9.17) is 0 Å². The van der Waals surface area contributed by atoms with Crippen LogP contribution in [0.2, 0.25) is 0 Å². The molecule has 2 N–H and O–H groups in total. The van der Waals surface area contributed by atoms with E-state index >= 15 is 0 Å². The largest absolute Gasteiger partial charge is 0.369 e. The molecule has 2 unspecified atom stereocenters. The number of carbonyl (C=O) groups is 1. The molecule has 2 fully saturated rings. The fraction of sp³-hybridized carbons (Fsp3) is 0.562. The van der Waals surface area contributed by atoms with Gasteiger partial charge in [0.2, 0.25) is 5.91 Å². The van der Waals surface area contributed by atoms with Gasteiger partial charge in [0.25, 0.3) is 0 Å². The number of hydrogen-bond donors (Lipinski definition) is 2. The molecule has 0 aliphatic carbocycles. The molecule has 21 heavy (non-hydrogen) atoms. The molecule has 0 aromatic heterocycles. The third-order valence-corrected chi connectivity index (χ3v) is 4.37. The maximum absolute atomic E-state index is 13.3. The number of hydrogen-bond acceptors (Lipinski definition) is 3. The van der Waals surface area contributed by atoms with Gasteiger partial charge in [0, 0.05) is 31.4 Å². The second kappa shape index (κ2) is 6.43. The third-order valence-electron chi connectivity index (χ3n) is 4.37. The highest BCUT2D eigenvalue weighted by Crippen LogP contribution is 2.21. The summed E-state index contributed by atoms with van der Waals surface area (Å²) in [5, 5.41) is 6.38. The van der Waals surface area contributed by atoms with Crippen LogP contribution < -0.4 is 15.5 Å². The fourth-order valence-corrected chi connectivity index (χ4v) is 3.20. The Bertz CT molecular complexity index is 502. The summed E-state index contributed by atoms with van der Waals surface area (Å²) in [6, 6.07) is 6.84. The van der Waals surface area contributed by atoms with E-state index in [9.17, 15) is 9.18 Å². The monoisotopic (exact) mass is 291 g/mol. The highest BCUT2D eigenvalue weighted by molar-refractivity contribution is 5.79. The smallest absolute Gasteiger partial charge is 0.224 e. The Morgan fingerprint density at radius 3 is 3.05 bits per heavy atom. The number of benzene rings is 1. The van der Waals surface area contributed by atoms with E-state index < -0.39 is 0 Å². The van der Waals surface area contributed by atoms with Crippen molar-refractivity contribution in [3.63, 3.8) is 0 Å². The number of anilines is 1. The van der Waals surface area contributed by atoms with Crippen LogP contribution in [0.4, 0.5) is 10.1 Å². The van der Waals surface area contributed by atoms with Gasteiger partial charge in [-0.05, 0) is 44.0 Å². The van der Waals surface area contributed by atoms with E-state index in [1.807, 2.05) is 6.07 Å².